The van der Waals surface area contributed by atoms with Crippen molar-refractivity contribution in [1.82, 2.24) is 24.4 Å². The van der Waals surface area contributed by atoms with Crippen LogP contribution in [0.25, 0.3) is 27.5 Å². The highest BCUT2D eigenvalue weighted by Gasteiger charge is 2.41. The molecule has 3 aromatic heterocycles. The summed E-state index contributed by atoms with van der Waals surface area (Å²) in [4.78, 5) is 64.9. The molecule has 15 heteroatoms. The fourth-order valence-electron chi connectivity index (χ4n) is 7.25. The van der Waals surface area contributed by atoms with Crippen molar-refractivity contribution < 1.29 is 32.2 Å². The highest BCUT2D eigenvalue weighted by molar-refractivity contribution is 5.99. The van der Waals surface area contributed by atoms with E-state index in [1.165, 1.54) is 54.2 Å². The van der Waals surface area contributed by atoms with Gasteiger partial charge in [-0.25, -0.2) is 27.3 Å². The van der Waals surface area contributed by atoms with Crippen molar-refractivity contribution in [2.24, 2.45) is 7.05 Å². The number of pyridine rings is 2. The monoisotopic (exact) mass is 810 g/mol. The van der Waals surface area contributed by atoms with Crippen LogP contribution in [0.3, 0.4) is 0 Å². The molecule has 0 radical (unpaired) electrons. The van der Waals surface area contributed by atoms with Gasteiger partial charge in [-0.15, -0.1) is 0 Å². The van der Waals surface area contributed by atoms with Crippen LogP contribution in [0.1, 0.15) is 47.8 Å². The number of benzene rings is 3. The second kappa shape index (κ2) is 18.1. The summed E-state index contributed by atoms with van der Waals surface area (Å²) in [5.41, 5.74) is 1.05. The number of fused-ring (bicyclic) bond motifs is 2. The van der Waals surface area contributed by atoms with Crippen molar-refractivity contribution in [1.29, 1.82) is 0 Å². The first-order valence-corrected chi connectivity index (χ1v) is 19.3. The molecule has 12 nitrogen and oxygen atoms in total. The number of esters is 1. The Morgan fingerprint density at radius 2 is 1.78 bits per heavy atom. The SMILES string of the molecule is CC.Cc1cc(N2CCOC[C@@H]2C(C)(F)F)cc(F)c1C(=O)N[C@@H](Cc1ccc(-n2c(=O)c3ccncc3n(C)c2=O)c2ncccc12)C(=O)OCCc1ccccc1. The van der Waals surface area contributed by atoms with Crippen molar-refractivity contribution in [3.8, 4) is 5.69 Å². The predicted molar refractivity (Wildman–Crippen MR) is 219 cm³/mol. The molecule has 4 heterocycles. The number of ether oxygens (including phenoxy) is 2. The van der Waals surface area contributed by atoms with Crippen molar-refractivity contribution in [2.45, 2.75) is 58.5 Å². The lowest BCUT2D eigenvalue weighted by atomic mass is 9.98. The Morgan fingerprint density at radius 1 is 1.02 bits per heavy atom. The van der Waals surface area contributed by atoms with E-state index in [-0.39, 0.29) is 66.2 Å². The summed E-state index contributed by atoms with van der Waals surface area (Å²) in [5.74, 6) is -5.81. The number of amides is 1. The fraction of sp³-hybridized carbons (Fsp3) is 0.318. The van der Waals surface area contributed by atoms with Gasteiger partial charge in [-0.3, -0.25) is 24.1 Å². The average Bonchev–Trinajstić information content (AvgIpc) is 3.23. The van der Waals surface area contributed by atoms with E-state index in [0.29, 0.717) is 22.9 Å². The van der Waals surface area contributed by atoms with Gasteiger partial charge in [0.05, 0.1) is 53.7 Å². The maximum atomic E-state index is 15.9. The molecule has 2 atom stereocenters. The topological polar surface area (TPSA) is 138 Å². The van der Waals surface area contributed by atoms with Gasteiger partial charge < -0.3 is 19.7 Å². The van der Waals surface area contributed by atoms with Crippen molar-refractivity contribution >= 4 is 39.4 Å². The summed E-state index contributed by atoms with van der Waals surface area (Å²) in [6, 6.07) is 17.2. The van der Waals surface area contributed by atoms with Crippen LogP contribution in [0.4, 0.5) is 18.9 Å². The number of aromatic nitrogens is 4. The number of carbonyl (C=O) groups is 2. The zero-order chi connectivity index (χ0) is 42.4. The third-order valence-electron chi connectivity index (χ3n) is 10.2. The predicted octanol–water partition coefficient (Wildman–Crippen LogP) is 6.09. The van der Waals surface area contributed by atoms with Gasteiger partial charge in [0.15, 0.2) is 0 Å². The molecule has 1 N–H and O–H groups in total. The van der Waals surface area contributed by atoms with Gasteiger partial charge in [-0.05, 0) is 53.9 Å². The standard InChI is InChI=1S/C42H39F3N6O6.C2H6/c1-25-20-28(50-17-19-56-24-35(50)42(2,44)45)22-31(43)36(25)38(52)48-32(40(54)57-18-14-26-8-5-4-6-9-26)21-27-11-12-33(37-29(27)10-7-15-47-37)51-39(53)30-13-16-46-23-34(30)49(3)41(51)55;1-2/h4-13,15-16,20,22-23,32,35H,14,17-19,21,24H2,1-3H3,(H,48,52);1-2H3/t32-,35+;/m0./s1. The zero-order valence-electron chi connectivity index (χ0n) is 33.4. The zero-order valence-corrected chi connectivity index (χ0v) is 33.4. The number of nitrogens with zero attached hydrogens (tertiary/aromatic N) is 5. The van der Waals surface area contributed by atoms with Crippen LogP contribution in [0.15, 0.2) is 101 Å². The normalized spacial score (nSPS) is 14.7. The maximum absolute atomic E-state index is 15.9. The molecule has 1 amide bonds. The van der Waals surface area contributed by atoms with Gasteiger partial charge in [0.1, 0.15) is 17.9 Å². The van der Waals surface area contributed by atoms with Crippen LogP contribution in [-0.4, -0.2) is 75.4 Å². The molecule has 1 saturated heterocycles. The largest absolute Gasteiger partial charge is 0.464 e. The molecule has 0 unspecified atom stereocenters. The Morgan fingerprint density at radius 3 is 2.51 bits per heavy atom. The van der Waals surface area contributed by atoms with Gasteiger partial charge in [0.25, 0.3) is 17.4 Å². The molecule has 1 fully saturated rings. The molecular weight excluding hydrogens is 766 g/mol. The minimum atomic E-state index is -3.15. The highest BCUT2D eigenvalue weighted by Crippen LogP contribution is 2.32. The van der Waals surface area contributed by atoms with Crippen molar-refractivity contribution in [3.05, 3.63) is 140 Å². The first-order valence-electron chi connectivity index (χ1n) is 19.3. The summed E-state index contributed by atoms with van der Waals surface area (Å²) in [5, 5.41) is 3.41. The van der Waals surface area contributed by atoms with E-state index >= 15 is 4.39 Å². The number of carbonyl (C=O) groups excluding carboxylic acids is 2. The number of morpholine rings is 1. The molecule has 1 aliphatic heterocycles. The van der Waals surface area contributed by atoms with Crippen LogP contribution in [0.2, 0.25) is 0 Å². The number of rotatable bonds is 11. The van der Waals surface area contributed by atoms with E-state index < -0.39 is 46.9 Å². The number of hydrogen-bond acceptors (Lipinski definition) is 9. The number of anilines is 1. The molecule has 1 aliphatic rings. The molecule has 0 saturated carbocycles. The lowest BCUT2D eigenvalue weighted by Gasteiger charge is -2.40. The van der Waals surface area contributed by atoms with Crippen LogP contribution in [0, 0.1) is 12.7 Å². The third-order valence-corrected chi connectivity index (χ3v) is 10.2. The van der Waals surface area contributed by atoms with Crippen LogP contribution in [0.5, 0.6) is 0 Å². The lowest BCUT2D eigenvalue weighted by Crippen LogP contribution is -2.54. The van der Waals surface area contributed by atoms with Gasteiger partial charge in [-0.2, -0.15) is 0 Å². The molecule has 0 spiro atoms. The van der Waals surface area contributed by atoms with Crippen molar-refractivity contribution in [2.75, 3.05) is 31.3 Å². The Labute approximate surface area is 338 Å². The summed E-state index contributed by atoms with van der Waals surface area (Å²) in [7, 11) is 1.53. The maximum Gasteiger partial charge on any atom is 0.335 e. The first kappa shape index (κ1) is 42.3. The van der Waals surface area contributed by atoms with E-state index in [9.17, 15) is 28.0 Å². The molecule has 0 bridgehead atoms. The van der Waals surface area contributed by atoms with Gasteiger partial charge in [0, 0.05) is 56.8 Å². The molecule has 7 rings (SSSR count). The summed E-state index contributed by atoms with van der Waals surface area (Å²) in [6.45, 7) is 6.27. The molecule has 3 aromatic carbocycles. The fourth-order valence-corrected chi connectivity index (χ4v) is 7.25. The molecule has 6 aromatic rings. The van der Waals surface area contributed by atoms with Gasteiger partial charge in [0.2, 0.25) is 0 Å². The highest BCUT2D eigenvalue weighted by atomic mass is 19.3. The van der Waals surface area contributed by atoms with Crippen LogP contribution < -0.4 is 21.5 Å². The smallest absolute Gasteiger partial charge is 0.335 e. The number of halogens is 3. The Bertz CT molecular complexity index is 2590. The van der Waals surface area contributed by atoms with E-state index in [2.05, 4.69) is 15.3 Å². The number of aryl methyl sites for hydroxylation is 2. The quantitative estimate of drug-likeness (QED) is 0.154. The summed E-state index contributed by atoms with van der Waals surface area (Å²) < 4.78 is 58.2. The number of alkyl halides is 2. The first-order chi connectivity index (χ1) is 28.3. The van der Waals surface area contributed by atoms with Crippen molar-refractivity contribution in [3.63, 3.8) is 0 Å². The van der Waals surface area contributed by atoms with E-state index in [4.69, 9.17) is 9.47 Å². The molecule has 308 valence electrons. The summed E-state index contributed by atoms with van der Waals surface area (Å²) >= 11 is 0. The van der Waals surface area contributed by atoms with Gasteiger partial charge >= 0.3 is 11.7 Å². The second-order valence-corrected chi connectivity index (χ2v) is 14.0. The average molecular weight is 811 g/mol. The van der Waals surface area contributed by atoms with E-state index in [0.717, 1.165) is 23.1 Å². The lowest BCUT2D eigenvalue weighted by molar-refractivity contribution is -0.145. The molecular formula is C44H45F3N6O6. The van der Waals surface area contributed by atoms with Crippen LogP contribution in [-0.2, 0) is 34.2 Å². The minimum Gasteiger partial charge on any atom is -0.464 e. The van der Waals surface area contributed by atoms with Crippen LogP contribution >= 0.6 is 0 Å². The number of hydrogen-bond donors (Lipinski definition) is 1. The Hall–Kier alpha value is -6.35. The summed E-state index contributed by atoms with van der Waals surface area (Å²) in [6.07, 6.45) is 4.65. The molecule has 0 aliphatic carbocycles. The van der Waals surface area contributed by atoms with Gasteiger partial charge in [-0.1, -0.05) is 56.3 Å². The number of nitrogens with one attached hydrogen (secondary N) is 1. The van der Waals surface area contributed by atoms with E-state index in [1.54, 1.807) is 24.3 Å². The Kier molecular flexibility index (Phi) is 12.9. The molecule has 59 heavy (non-hydrogen) atoms. The minimum absolute atomic E-state index is 0.00891. The van der Waals surface area contributed by atoms with E-state index in [1.807, 2.05) is 44.2 Å². The Balaban J connectivity index is 0.00000288. The second-order valence-electron chi connectivity index (χ2n) is 14.0. The third kappa shape index (κ3) is 8.89.